The fourth-order valence-corrected chi connectivity index (χ4v) is 3.22. The number of amides is 2. The molecular formula is C19H27ClN2O3. The van der Waals surface area contributed by atoms with E-state index in [1.807, 2.05) is 49.1 Å². The number of likely N-dealkylation sites (tertiary alicyclic amines) is 1. The standard InChI is InChI=1S/C19H27ClN2O3/c1-15(2)22(18(23)12-20)13-16-8-10-21(11-9-16)19(24)25-14-17-6-4-3-5-7-17/h3-7,15-16H,8-14H2,1-2H3. The number of carbonyl (C=O) groups excluding carboxylic acids is 2. The first-order valence-electron chi connectivity index (χ1n) is 8.82. The van der Waals surface area contributed by atoms with Crippen molar-refractivity contribution < 1.29 is 14.3 Å². The Bertz CT molecular complexity index is 557. The summed E-state index contributed by atoms with van der Waals surface area (Å²) in [4.78, 5) is 27.7. The van der Waals surface area contributed by atoms with Crippen molar-refractivity contribution in [3.05, 3.63) is 35.9 Å². The van der Waals surface area contributed by atoms with E-state index in [1.165, 1.54) is 0 Å². The molecule has 1 aliphatic heterocycles. The van der Waals surface area contributed by atoms with E-state index in [4.69, 9.17) is 16.3 Å². The number of piperidine rings is 1. The second-order valence-corrected chi connectivity index (χ2v) is 7.01. The molecule has 1 aromatic carbocycles. The number of carbonyl (C=O) groups is 2. The van der Waals surface area contributed by atoms with E-state index in [9.17, 15) is 9.59 Å². The maximum atomic E-state index is 12.2. The number of alkyl halides is 1. The first-order valence-corrected chi connectivity index (χ1v) is 9.35. The average molecular weight is 367 g/mol. The SMILES string of the molecule is CC(C)N(CC1CCN(C(=O)OCc2ccccc2)CC1)C(=O)CCl. The molecule has 0 aliphatic carbocycles. The fourth-order valence-electron chi connectivity index (χ4n) is 3.06. The molecule has 138 valence electrons. The minimum absolute atomic E-state index is 0.0167. The molecule has 2 rings (SSSR count). The van der Waals surface area contributed by atoms with Gasteiger partial charge in [-0.3, -0.25) is 4.79 Å². The largest absolute Gasteiger partial charge is 0.445 e. The number of nitrogens with zero attached hydrogens (tertiary/aromatic N) is 2. The lowest BCUT2D eigenvalue weighted by Gasteiger charge is -2.35. The zero-order valence-corrected chi connectivity index (χ0v) is 15.7. The van der Waals surface area contributed by atoms with Gasteiger partial charge in [-0.2, -0.15) is 0 Å². The van der Waals surface area contributed by atoms with Crippen LogP contribution in [0.15, 0.2) is 30.3 Å². The highest BCUT2D eigenvalue weighted by Gasteiger charge is 2.27. The number of halogens is 1. The first kappa shape index (κ1) is 19.6. The Morgan fingerprint density at radius 2 is 1.88 bits per heavy atom. The second kappa shape index (κ2) is 9.66. The highest BCUT2D eigenvalue weighted by atomic mass is 35.5. The van der Waals surface area contributed by atoms with Crippen molar-refractivity contribution in [3.63, 3.8) is 0 Å². The van der Waals surface area contributed by atoms with Crippen molar-refractivity contribution in [1.29, 1.82) is 0 Å². The maximum absolute atomic E-state index is 12.2. The van der Waals surface area contributed by atoms with Crippen molar-refractivity contribution in [2.45, 2.75) is 39.3 Å². The van der Waals surface area contributed by atoms with E-state index in [-0.39, 0.29) is 23.9 Å². The van der Waals surface area contributed by atoms with Gasteiger partial charge in [0.15, 0.2) is 0 Å². The number of hydrogen-bond donors (Lipinski definition) is 0. The summed E-state index contributed by atoms with van der Waals surface area (Å²) in [6.45, 7) is 6.33. The van der Waals surface area contributed by atoms with Crippen LogP contribution in [0.5, 0.6) is 0 Å². The van der Waals surface area contributed by atoms with E-state index in [0.717, 1.165) is 18.4 Å². The van der Waals surface area contributed by atoms with E-state index >= 15 is 0 Å². The molecule has 0 spiro atoms. The summed E-state index contributed by atoms with van der Waals surface area (Å²) in [5.41, 5.74) is 0.984. The predicted molar refractivity (Wildman–Crippen MR) is 98.5 cm³/mol. The van der Waals surface area contributed by atoms with Crippen LogP contribution < -0.4 is 0 Å². The van der Waals surface area contributed by atoms with Crippen LogP contribution in [-0.4, -0.2) is 53.4 Å². The molecule has 0 unspecified atom stereocenters. The van der Waals surface area contributed by atoms with Crippen LogP contribution in [0.4, 0.5) is 4.79 Å². The zero-order valence-electron chi connectivity index (χ0n) is 15.0. The minimum atomic E-state index is -0.264. The predicted octanol–water partition coefficient (Wildman–Crippen LogP) is 3.51. The Morgan fingerprint density at radius 1 is 1.24 bits per heavy atom. The normalized spacial score (nSPS) is 15.3. The third kappa shape index (κ3) is 5.92. The molecule has 1 heterocycles. The van der Waals surface area contributed by atoms with Gasteiger partial charge >= 0.3 is 6.09 Å². The van der Waals surface area contributed by atoms with E-state index < -0.39 is 0 Å². The van der Waals surface area contributed by atoms with E-state index in [0.29, 0.717) is 32.2 Å². The number of benzene rings is 1. The molecule has 25 heavy (non-hydrogen) atoms. The van der Waals surface area contributed by atoms with Crippen LogP contribution in [0.2, 0.25) is 0 Å². The van der Waals surface area contributed by atoms with Gasteiger partial charge in [0, 0.05) is 25.7 Å². The Balaban J connectivity index is 1.76. The molecular weight excluding hydrogens is 340 g/mol. The average Bonchev–Trinajstić information content (AvgIpc) is 2.64. The number of hydrogen-bond acceptors (Lipinski definition) is 3. The number of ether oxygens (including phenoxy) is 1. The molecule has 0 radical (unpaired) electrons. The summed E-state index contributed by atoms with van der Waals surface area (Å²) >= 11 is 5.70. The van der Waals surface area contributed by atoms with E-state index in [1.54, 1.807) is 4.90 Å². The third-order valence-electron chi connectivity index (χ3n) is 4.59. The molecule has 0 aromatic heterocycles. The quantitative estimate of drug-likeness (QED) is 0.724. The van der Waals surface area contributed by atoms with Crippen LogP contribution in [0.1, 0.15) is 32.3 Å². The Hall–Kier alpha value is -1.75. The topological polar surface area (TPSA) is 49.9 Å². The third-order valence-corrected chi connectivity index (χ3v) is 4.82. The summed E-state index contributed by atoms with van der Waals surface area (Å²) in [6, 6.07) is 9.81. The summed E-state index contributed by atoms with van der Waals surface area (Å²) in [5.74, 6) is 0.386. The van der Waals surface area contributed by atoms with Gasteiger partial charge < -0.3 is 14.5 Å². The van der Waals surface area contributed by atoms with Gasteiger partial charge in [-0.05, 0) is 38.2 Å². The molecule has 0 bridgehead atoms. The summed E-state index contributed by atoms with van der Waals surface area (Å²) in [7, 11) is 0. The van der Waals surface area contributed by atoms with Crippen LogP contribution in [0, 0.1) is 5.92 Å². The van der Waals surface area contributed by atoms with Gasteiger partial charge in [0.2, 0.25) is 5.91 Å². The number of rotatable bonds is 6. The molecule has 6 heteroatoms. The molecule has 2 amide bonds. The molecule has 1 aromatic rings. The summed E-state index contributed by atoms with van der Waals surface area (Å²) < 4.78 is 5.38. The lowest BCUT2D eigenvalue weighted by atomic mass is 9.96. The molecule has 0 atom stereocenters. The minimum Gasteiger partial charge on any atom is -0.445 e. The molecule has 1 saturated heterocycles. The van der Waals surface area contributed by atoms with Gasteiger partial charge in [-0.1, -0.05) is 30.3 Å². The van der Waals surface area contributed by atoms with Crippen LogP contribution in [0.25, 0.3) is 0 Å². The maximum Gasteiger partial charge on any atom is 0.410 e. The lowest BCUT2D eigenvalue weighted by molar-refractivity contribution is -0.131. The van der Waals surface area contributed by atoms with Gasteiger partial charge in [-0.15, -0.1) is 11.6 Å². The van der Waals surface area contributed by atoms with Crippen molar-refractivity contribution in [1.82, 2.24) is 9.80 Å². The molecule has 5 nitrogen and oxygen atoms in total. The summed E-state index contributed by atoms with van der Waals surface area (Å²) in [6.07, 6.45) is 1.48. The Morgan fingerprint density at radius 3 is 2.44 bits per heavy atom. The second-order valence-electron chi connectivity index (χ2n) is 6.74. The van der Waals surface area contributed by atoms with Gasteiger partial charge in [-0.25, -0.2) is 4.79 Å². The van der Waals surface area contributed by atoms with Crippen LogP contribution in [0.3, 0.4) is 0 Å². The fraction of sp³-hybridized carbons (Fsp3) is 0.579. The summed E-state index contributed by atoms with van der Waals surface area (Å²) in [5, 5.41) is 0. The Kier molecular flexibility index (Phi) is 7.56. The highest BCUT2D eigenvalue weighted by Crippen LogP contribution is 2.20. The Labute approximate surface area is 154 Å². The van der Waals surface area contributed by atoms with Crippen molar-refractivity contribution in [2.24, 2.45) is 5.92 Å². The molecule has 1 fully saturated rings. The van der Waals surface area contributed by atoms with Gasteiger partial charge in [0.1, 0.15) is 12.5 Å². The first-order chi connectivity index (χ1) is 12.0. The zero-order chi connectivity index (χ0) is 18.2. The van der Waals surface area contributed by atoms with E-state index in [2.05, 4.69) is 0 Å². The van der Waals surface area contributed by atoms with Gasteiger partial charge in [0.05, 0.1) is 0 Å². The van der Waals surface area contributed by atoms with Crippen LogP contribution >= 0.6 is 11.6 Å². The molecule has 0 N–H and O–H groups in total. The van der Waals surface area contributed by atoms with Gasteiger partial charge in [0.25, 0.3) is 0 Å². The van der Waals surface area contributed by atoms with Crippen molar-refractivity contribution >= 4 is 23.6 Å². The smallest absolute Gasteiger partial charge is 0.410 e. The van der Waals surface area contributed by atoms with Crippen molar-refractivity contribution in [3.8, 4) is 0 Å². The van der Waals surface area contributed by atoms with Crippen LogP contribution in [-0.2, 0) is 16.1 Å². The molecule has 0 saturated carbocycles. The lowest BCUT2D eigenvalue weighted by Crippen LogP contribution is -2.45. The highest BCUT2D eigenvalue weighted by molar-refractivity contribution is 6.27. The monoisotopic (exact) mass is 366 g/mol. The molecule has 1 aliphatic rings. The van der Waals surface area contributed by atoms with Crippen molar-refractivity contribution in [2.75, 3.05) is 25.5 Å².